The van der Waals surface area contributed by atoms with Gasteiger partial charge in [-0.05, 0) is 77.0 Å². The van der Waals surface area contributed by atoms with E-state index in [1.54, 1.807) is 0 Å². The molecule has 0 aromatic carbocycles. The number of rotatable bonds is 64. The highest BCUT2D eigenvalue weighted by Crippen LogP contribution is 2.18. The topological polar surface area (TPSA) is 78.9 Å². The van der Waals surface area contributed by atoms with E-state index >= 15 is 0 Å². The van der Waals surface area contributed by atoms with Gasteiger partial charge in [-0.3, -0.25) is 14.4 Å². The second kappa shape index (κ2) is 66.1. The number of carbonyl (C=O) groups is 3. The predicted octanol–water partition coefficient (Wildman–Crippen LogP) is 23.6. The molecule has 1 atom stereocenters. The zero-order valence-corrected chi connectivity index (χ0v) is 52.0. The maximum Gasteiger partial charge on any atom is 0.306 e. The molecule has 0 N–H and O–H groups in total. The van der Waals surface area contributed by atoms with Crippen LogP contribution in [0.3, 0.4) is 0 Å². The van der Waals surface area contributed by atoms with Crippen molar-refractivity contribution in [3.8, 4) is 0 Å². The molecular formula is C71H132O6. The lowest BCUT2D eigenvalue weighted by Gasteiger charge is -2.18. The van der Waals surface area contributed by atoms with Crippen molar-refractivity contribution in [3.05, 3.63) is 36.5 Å². The molecule has 0 bridgehead atoms. The van der Waals surface area contributed by atoms with Crippen molar-refractivity contribution in [2.75, 3.05) is 13.2 Å². The molecule has 77 heavy (non-hydrogen) atoms. The van der Waals surface area contributed by atoms with Crippen LogP contribution in [-0.4, -0.2) is 37.2 Å². The minimum Gasteiger partial charge on any atom is -0.462 e. The molecule has 0 aliphatic carbocycles. The van der Waals surface area contributed by atoms with Gasteiger partial charge in [-0.15, -0.1) is 0 Å². The Morgan fingerprint density at radius 1 is 0.260 bits per heavy atom. The molecule has 0 aromatic heterocycles. The summed E-state index contributed by atoms with van der Waals surface area (Å²) in [5.41, 5.74) is 0. The van der Waals surface area contributed by atoms with Gasteiger partial charge in [0.1, 0.15) is 13.2 Å². The quantitative estimate of drug-likeness (QED) is 0.0261. The molecular weight excluding hydrogens is 949 g/mol. The van der Waals surface area contributed by atoms with E-state index in [1.807, 2.05) is 0 Å². The molecule has 0 fully saturated rings. The van der Waals surface area contributed by atoms with Crippen LogP contribution < -0.4 is 0 Å². The third-order valence-corrected chi connectivity index (χ3v) is 15.6. The molecule has 1 unspecified atom stereocenters. The minimum atomic E-state index is -0.781. The van der Waals surface area contributed by atoms with Gasteiger partial charge < -0.3 is 14.2 Å². The molecule has 0 aromatic rings. The number of carbonyl (C=O) groups excluding carboxylic acids is 3. The van der Waals surface area contributed by atoms with Crippen LogP contribution in [0.25, 0.3) is 0 Å². The van der Waals surface area contributed by atoms with E-state index in [0.29, 0.717) is 19.3 Å². The van der Waals surface area contributed by atoms with Gasteiger partial charge in [-0.25, -0.2) is 0 Å². The molecule has 452 valence electrons. The summed E-state index contributed by atoms with van der Waals surface area (Å²) in [4.78, 5) is 38.3. The summed E-state index contributed by atoms with van der Waals surface area (Å²) in [6, 6.07) is 0. The average Bonchev–Trinajstić information content (AvgIpc) is 3.43. The summed E-state index contributed by atoms with van der Waals surface area (Å²) >= 11 is 0. The molecule has 0 aliphatic heterocycles. The largest absolute Gasteiger partial charge is 0.462 e. The van der Waals surface area contributed by atoms with Gasteiger partial charge in [0.15, 0.2) is 6.10 Å². The third kappa shape index (κ3) is 64.3. The first-order valence-corrected chi connectivity index (χ1v) is 34.5. The fourth-order valence-corrected chi connectivity index (χ4v) is 10.4. The highest BCUT2D eigenvalue weighted by atomic mass is 16.6. The lowest BCUT2D eigenvalue weighted by Crippen LogP contribution is -2.30. The molecule has 0 saturated heterocycles. The number of allylic oxidation sites excluding steroid dienone is 6. The number of hydrogen-bond acceptors (Lipinski definition) is 6. The summed E-state index contributed by atoms with van der Waals surface area (Å²) in [7, 11) is 0. The Bertz CT molecular complexity index is 1290. The summed E-state index contributed by atoms with van der Waals surface area (Å²) in [5, 5.41) is 0. The molecule has 6 heteroatoms. The summed E-state index contributed by atoms with van der Waals surface area (Å²) < 4.78 is 16.9. The second-order valence-corrected chi connectivity index (χ2v) is 23.4. The first-order valence-electron chi connectivity index (χ1n) is 34.5. The van der Waals surface area contributed by atoms with Crippen LogP contribution in [0, 0.1) is 0 Å². The van der Waals surface area contributed by atoms with Crippen LogP contribution in [-0.2, 0) is 28.6 Å². The second-order valence-electron chi connectivity index (χ2n) is 23.4. The van der Waals surface area contributed by atoms with E-state index in [-0.39, 0.29) is 31.1 Å². The average molecular weight is 1080 g/mol. The van der Waals surface area contributed by atoms with E-state index in [1.165, 1.54) is 250 Å². The van der Waals surface area contributed by atoms with Crippen molar-refractivity contribution >= 4 is 17.9 Å². The van der Waals surface area contributed by atoms with Gasteiger partial charge in [-0.2, -0.15) is 0 Å². The summed E-state index contributed by atoms with van der Waals surface area (Å²) in [5.74, 6) is -0.876. The van der Waals surface area contributed by atoms with Crippen molar-refractivity contribution in [2.24, 2.45) is 0 Å². The molecule has 0 spiro atoms. The van der Waals surface area contributed by atoms with E-state index in [4.69, 9.17) is 14.2 Å². The predicted molar refractivity (Wildman–Crippen MR) is 335 cm³/mol. The number of esters is 3. The van der Waals surface area contributed by atoms with Crippen LogP contribution in [0.5, 0.6) is 0 Å². The zero-order valence-electron chi connectivity index (χ0n) is 52.0. The lowest BCUT2D eigenvalue weighted by molar-refractivity contribution is -0.167. The Hall–Kier alpha value is -2.37. The molecule has 0 heterocycles. The molecule has 0 aliphatic rings. The molecule has 0 radical (unpaired) electrons. The van der Waals surface area contributed by atoms with Crippen molar-refractivity contribution in [3.63, 3.8) is 0 Å². The number of unbranched alkanes of at least 4 members (excludes halogenated alkanes) is 47. The fourth-order valence-electron chi connectivity index (χ4n) is 10.4. The minimum absolute atomic E-state index is 0.0765. The SMILES string of the molecule is CCCCC/C=C\C/C=C\CCCCCCCC(=O)OC(COC(=O)CCCCCCC/C=C\CCCCCCC)COC(=O)CCCCCCCCCCCCCCCCCCCCCCCCCCCCCCCC. The fraction of sp³-hybridized carbons (Fsp3) is 0.873. The number of ether oxygens (including phenoxy) is 3. The van der Waals surface area contributed by atoms with Crippen LogP contribution in [0.2, 0.25) is 0 Å². The molecule has 0 saturated carbocycles. The first-order chi connectivity index (χ1) is 38.0. The Morgan fingerprint density at radius 2 is 0.468 bits per heavy atom. The Morgan fingerprint density at radius 3 is 0.753 bits per heavy atom. The first kappa shape index (κ1) is 74.6. The highest BCUT2D eigenvalue weighted by Gasteiger charge is 2.19. The lowest BCUT2D eigenvalue weighted by atomic mass is 10.0. The third-order valence-electron chi connectivity index (χ3n) is 15.6. The van der Waals surface area contributed by atoms with E-state index < -0.39 is 6.10 Å². The van der Waals surface area contributed by atoms with Gasteiger partial charge in [0.05, 0.1) is 0 Å². The Kier molecular flexibility index (Phi) is 64.1. The molecule has 0 amide bonds. The van der Waals surface area contributed by atoms with Gasteiger partial charge >= 0.3 is 17.9 Å². The molecule has 6 nitrogen and oxygen atoms in total. The van der Waals surface area contributed by atoms with Crippen molar-refractivity contribution in [1.82, 2.24) is 0 Å². The van der Waals surface area contributed by atoms with Crippen LogP contribution in [0.4, 0.5) is 0 Å². The van der Waals surface area contributed by atoms with Gasteiger partial charge in [0, 0.05) is 19.3 Å². The van der Waals surface area contributed by atoms with Crippen molar-refractivity contribution in [2.45, 2.75) is 386 Å². The summed E-state index contributed by atoms with van der Waals surface area (Å²) in [6.07, 6.45) is 81.8. The van der Waals surface area contributed by atoms with Crippen LogP contribution in [0.15, 0.2) is 36.5 Å². The van der Waals surface area contributed by atoms with E-state index in [0.717, 1.165) is 89.9 Å². The summed E-state index contributed by atoms with van der Waals surface area (Å²) in [6.45, 7) is 6.65. The maximum absolute atomic E-state index is 12.9. The number of hydrogen-bond donors (Lipinski definition) is 0. The smallest absolute Gasteiger partial charge is 0.306 e. The van der Waals surface area contributed by atoms with Crippen molar-refractivity contribution < 1.29 is 28.6 Å². The highest BCUT2D eigenvalue weighted by molar-refractivity contribution is 5.71. The van der Waals surface area contributed by atoms with Crippen LogP contribution in [0.1, 0.15) is 380 Å². The van der Waals surface area contributed by atoms with E-state index in [9.17, 15) is 14.4 Å². The monoisotopic (exact) mass is 1080 g/mol. The van der Waals surface area contributed by atoms with E-state index in [2.05, 4.69) is 57.2 Å². The van der Waals surface area contributed by atoms with Gasteiger partial charge in [0.2, 0.25) is 0 Å². The zero-order chi connectivity index (χ0) is 55.7. The van der Waals surface area contributed by atoms with Crippen molar-refractivity contribution in [1.29, 1.82) is 0 Å². The Labute approximate surface area is 480 Å². The van der Waals surface area contributed by atoms with Crippen LogP contribution >= 0.6 is 0 Å². The Balaban J connectivity index is 4.15. The van der Waals surface area contributed by atoms with Gasteiger partial charge in [0.25, 0.3) is 0 Å². The maximum atomic E-state index is 12.9. The standard InChI is InChI=1S/C71H132O6/c1-4-7-10-13-16-19-22-25-28-29-30-31-32-33-34-35-36-37-38-39-40-41-42-44-46-49-52-55-58-61-64-70(73)76-67-68(66-75-69(72)63-60-57-54-51-48-45-27-24-21-18-15-12-9-6-3)77-71(74)65-62-59-56-53-50-47-43-26-23-20-17-14-11-8-5-2/h17,20,24,26-27,43,68H,4-16,18-19,21-23,25,28-42,44-67H2,1-3H3/b20-17-,27-24-,43-26-. The van der Waals surface area contributed by atoms with Gasteiger partial charge in [-0.1, -0.05) is 320 Å². The normalized spacial score (nSPS) is 12.2. The molecule has 0 rings (SSSR count).